The molecule has 0 heterocycles. The van der Waals surface area contributed by atoms with Crippen LogP contribution in [0.3, 0.4) is 0 Å². The first-order chi connectivity index (χ1) is 8.95. The minimum Gasteiger partial charge on any atom is -0.322 e. The van der Waals surface area contributed by atoms with Crippen LogP contribution in [0.5, 0.6) is 0 Å². The molecule has 0 bridgehead atoms. The van der Waals surface area contributed by atoms with E-state index in [0.29, 0.717) is 5.56 Å². The summed E-state index contributed by atoms with van der Waals surface area (Å²) in [7, 11) is 0. The molecule has 1 N–H and O–H groups in total. The molecule has 2 rings (SSSR count). The summed E-state index contributed by atoms with van der Waals surface area (Å²) in [4.78, 5) is 12.3. The van der Waals surface area contributed by atoms with Gasteiger partial charge in [0.1, 0.15) is 0 Å². The van der Waals surface area contributed by atoms with Gasteiger partial charge in [-0.3, -0.25) is 4.79 Å². The number of halogens is 1. The first-order valence-corrected chi connectivity index (χ1v) is 7.19. The van der Waals surface area contributed by atoms with E-state index in [1.165, 1.54) is 0 Å². The SMILES string of the molecule is Cc1cc(C)cc(NC(=O)c2ccc(C)cc2I)c1. The lowest BCUT2D eigenvalue weighted by Crippen LogP contribution is -2.13. The van der Waals surface area contributed by atoms with Gasteiger partial charge in [-0.25, -0.2) is 0 Å². The normalized spacial score (nSPS) is 10.3. The third-order valence-electron chi connectivity index (χ3n) is 2.85. The van der Waals surface area contributed by atoms with Crippen molar-refractivity contribution in [3.8, 4) is 0 Å². The number of carbonyl (C=O) groups is 1. The number of rotatable bonds is 2. The number of nitrogens with one attached hydrogen (secondary N) is 1. The number of carbonyl (C=O) groups excluding carboxylic acids is 1. The zero-order chi connectivity index (χ0) is 14.0. The molecular formula is C16H16INO. The molecule has 2 aromatic carbocycles. The van der Waals surface area contributed by atoms with Crippen molar-refractivity contribution in [3.05, 3.63) is 62.2 Å². The predicted molar refractivity (Wildman–Crippen MR) is 87.8 cm³/mol. The average Bonchev–Trinajstić information content (AvgIpc) is 2.26. The highest BCUT2D eigenvalue weighted by Gasteiger charge is 2.10. The smallest absolute Gasteiger partial charge is 0.256 e. The first kappa shape index (κ1) is 14.1. The van der Waals surface area contributed by atoms with Crippen molar-refractivity contribution in [2.45, 2.75) is 20.8 Å². The molecule has 1 amide bonds. The average molecular weight is 365 g/mol. The highest BCUT2D eigenvalue weighted by Crippen LogP contribution is 2.18. The van der Waals surface area contributed by atoms with Gasteiger partial charge in [0.15, 0.2) is 0 Å². The van der Waals surface area contributed by atoms with Gasteiger partial charge in [0.2, 0.25) is 0 Å². The van der Waals surface area contributed by atoms with Gasteiger partial charge in [-0.15, -0.1) is 0 Å². The van der Waals surface area contributed by atoms with E-state index in [1.54, 1.807) is 0 Å². The number of anilines is 1. The summed E-state index contributed by atoms with van der Waals surface area (Å²) in [5.41, 5.74) is 5.01. The van der Waals surface area contributed by atoms with Gasteiger partial charge in [0, 0.05) is 9.26 Å². The van der Waals surface area contributed by atoms with Crippen LogP contribution in [0, 0.1) is 24.3 Å². The molecule has 98 valence electrons. The van der Waals surface area contributed by atoms with Crippen LogP contribution in [-0.4, -0.2) is 5.91 Å². The second-order valence-corrected chi connectivity index (χ2v) is 5.98. The van der Waals surface area contributed by atoms with Crippen molar-refractivity contribution >= 4 is 34.2 Å². The van der Waals surface area contributed by atoms with Crippen LogP contribution in [0.15, 0.2) is 36.4 Å². The van der Waals surface area contributed by atoms with Gasteiger partial charge < -0.3 is 5.32 Å². The minimum atomic E-state index is -0.0607. The molecule has 2 aromatic rings. The number of amides is 1. The summed E-state index contributed by atoms with van der Waals surface area (Å²) in [6.45, 7) is 6.07. The van der Waals surface area contributed by atoms with E-state index in [2.05, 4.69) is 34.0 Å². The molecule has 0 saturated carbocycles. The zero-order valence-electron chi connectivity index (χ0n) is 11.3. The summed E-state index contributed by atoms with van der Waals surface area (Å²) in [5, 5.41) is 2.96. The summed E-state index contributed by atoms with van der Waals surface area (Å²) in [5.74, 6) is -0.0607. The van der Waals surface area contributed by atoms with E-state index in [1.807, 2.05) is 51.1 Å². The molecule has 0 atom stereocenters. The maximum absolute atomic E-state index is 12.3. The second-order valence-electron chi connectivity index (χ2n) is 4.81. The van der Waals surface area contributed by atoms with Crippen LogP contribution in [0.25, 0.3) is 0 Å². The molecule has 19 heavy (non-hydrogen) atoms. The molecule has 0 spiro atoms. The van der Waals surface area contributed by atoms with Crippen LogP contribution in [0.1, 0.15) is 27.0 Å². The fourth-order valence-electron chi connectivity index (χ4n) is 2.05. The highest BCUT2D eigenvalue weighted by atomic mass is 127. The zero-order valence-corrected chi connectivity index (χ0v) is 13.4. The third kappa shape index (κ3) is 3.56. The van der Waals surface area contributed by atoms with Crippen LogP contribution < -0.4 is 5.32 Å². The molecule has 0 aliphatic carbocycles. The fraction of sp³-hybridized carbons (Fsp3) is 0.188. The summed E-state index contributed by atoms with van der Waals surface area (Å²) >= 11 is 2.20. The molecule has 0 aromatic heterocycles. The summed E-state index contributed by atoms with van der Waals surface area (Å²) in [6.07, 6.45) is 0. The van der Waals surface area contributed by atoms with E-state index in [0.717, 1.165) is 25.9 Å². The van der Waals surface area contributed by atoms with Crippen molar-refractivity contribution in [2.75, 3.05) is 5.32 Å². The van der Waals surface area contributed by atoms with Crippen molar-refractivity contribution in [2.24, 2.45) is 0 Å². The lowest BCUT2D eigenvalue weighted by molar-refractivity contribution is 0.102. The van der Waals surface area contributed by atoms with E-state index in [-0.39, 0.29) is 5.91 Å². The molecule has 0 aliphatic heterocycles. The Labute approximate surface area is 127 Å². The lowest BCUT2D eigenvalue weighted by atomic mass is 10.1. The van der Waals surface area contributed by atoms with Gasteiger partial charge in [-0.1, -0.05) is 17.7 Å². The topological polar surface area (TPSA) is 29.1 Å². The molecule has 0 saturated heterocycles. The second kappa shape index (κ2) is 5.74. The molecular weight excluding hydrogens is 349 g/mol. The Kier molecular flexibility index (Phi) is 4.24. The fourth-order valence-corrected chi connectivity index (χ4v) is 2.97. The van der Waals surface area contributed by atoms with Crippen molar-refractivity contribution < 1.29 is 4.79 Å². The van der Waals surface area contributed by atoms with Crippen molar-refractivity contribution in [1.82, 2.24) is 0 Å². The molecule has 0 unspecified atom stereocenters. The number of aryl methyl sites for hydroxylation is 3. The Morgan fingerprint density at radius 2 is 1.58 bits per heavy atom. The molecule has 0 radical (unpaired) electrons. The summed E-state index contributed by atoms with van der Waals surface area (Å²) < 4.78 is 0.972. The maximum Gasteiger partial charge on any atom is 0.256 e. The monoisotopic (exact) mass is 365 g/mol. The van der Waals surface area contributed by atoms with Crippen molar-refractivity contribution in [3.63, 3.8) is 0 Å². The molecule has 3 heteroatoms. The van der Waals surface area contributed by atoms with Crippen LogP contribution >= 0.6 is 22.6 Å². The standard InChI is InChI=1S/C16H16INO/c1-10-4-5-14(15(17)9-10)16(19)18-13-7-11(2)6-12(3)8-13/h4-9H,1-3H3,(H,18,19). The third-order valence-corrected chi connectivity index (χ3v) is 3.74. The maximum atomic E-state index is 12.3. The number of hydrogen-bond acceptors (Lipinski definition) is 1. The van der Waals surface area contributed by atoms with Crippen LogP contribution in [0.4, 0.5) is 5.69 Å². The van der Waals surface area contributed by atoms with E-state index in [4.69, 9.17) is 0 Å². The van der Waals surface area contributed by atoms with E-state index >= 15 is 0 Å². The molecule has 2 nitrogen and oxygen atoms in total. The first-order valence-electron chi connectivity index (χ1n) is 6.11. The Bertz CT molecular complexity index is 614. The van der Waals surface area contributed by atoms with E-state index in [9.17, 15) is 4.79 Å². The predicted octanol–water partition coefficient (Wildman–Crippen LogP) is 4.47. The Morgan fingerprint density at radius 1 is 0.947 bits per heavy atom. The Morgan fingerprint density at radius 3 is 2.16 bits per heavy atom. The highest BCUT2D eigenvalue weighted by molar-refractivity contribution is 14.1. The van der Waals surface area contributed by atoms with Crippen LogP contribution in [0.2, 0.25) is 0 Å². The lowest BCUT2D eigenvalue weighted by Gasteiger charge is -2.09. The van der Waals surface area contributed by atoms with Crippen LogP contribution in [-0.2, 0) is 0 Å². The van der Waals surface area contributed by atoms with Gasteiger partial charge in [0.25, 0.3) is 5.91 Å². The van der Waals surface area contributed by atoms with Crippen molar-refractivity contribution in [1.29, 1.82) is 0 Å². The number of benzene rings is 2. The van der Waals surface area contributed by atoms with Gasteiger partial charge >= 0.3 is 0 Å². The van der Waals surface area contributed by atoms with E-state index < -0.39 is 0 Å². The largest absolute Gasteiger partial charge is 0.322 e. The van der Waals surface area contributed by atoms with Gasteiger partial charge in [-0.05, 0) is 78.8 Å². The Hall–Kier alpha value is -1.36. The van der Waals surface area contributed by atoms with Gasteiger partial charge in [0.05, 0.1) is 5.56 Å². The molecule has 0 fully saturated rings. The number of hydrogen-bond donors (Lipinski definition) is 1. The summed E-state index contributed by atoms with van der Waals surface area (Å²) in [6, 6.07) is 11.9. The molecule has 0 aliphatic rings. The minimum absolute atomic E-state index is 0.0607. The van der Waals surface area contributed by atoms with Gasteiger partial charge in [-0.2, -0.15) is 0 Å². The Balaban J connectivity index is 2.25. The quantitative estimate of drug-likeness (QED) is 0.782.